The van der Waals surface area contributed by atoms with E-state index in [-0.39, 0.29) is 0 Å². The Morgan fingerprint density at radius 3 is 2.78 bits per heavy atom. The van der Waals surface area contributed by atoms with Crippen molar-refractivity contribution in [1.82, 2.24) is 10.2 Å². The molecule has 0 bridgehead atoms. The highest BCUT2D eigenvalue weighted by Crippen LogP contribution is 2.31. The summed E-state index contributed by atoms with van der Waals surface area (Å²) in [5.41, 5.74) is 0.990. The van der Waals surface area contributed by atoms with E-state index in [9.17, 15) is 0 Å². The largest absolute Gasteiger partial charge is 0.497 e. The first-order chi connectivity index (χ1) is 8.86. The second-order valence-electron chi connectivity index (χ2n) is 3.62. The van der Waals surface area contributed by atoms with Gasteiger partial charge in [0.1, 0.15) is 10.8 Å². The standard InChI is InChI=1S/C13H10N2O2S/c1-16-10-5-2-4-9(8-10)12-14-15-13(18-12)11-6-3-7-17-11/h2-8H,1H3. The van der Waals surface area contributed by atoms with Gasteiger partial charge in [0, 0.05) is 5.56 Å². The Balaban J connectivity index is 1.97. The molecule has 0 radical (unpaired) electrons. The molecule has 18 heavy (non-hydrogen) atoms. The van der Waals surface area contributed by atoms with Crippen molar-refractivity contribution in [1.29, 1.82) is 0 Å². The van der Waals surface area contributed by atoms with Gasteiger partial charge in [0.05, 0.1) is 13.4 Å². The van der Waals surface area contributed by atoms with Crippen molar-refractivity contribution in [3.8, 4) is 27.1 Å². The second-order valence-corrected chi connectivity index (χ2v) is 4.60. The fourth-order valence-electron chi connectivity index (χ4n) is 1.60. The molecular formula is C13H10N2O2S. The first-order valence-electron chi connectivity index (χ1n) is 5.38. The molecule has 0 aliphatic rings. The van der Waals surface area contributed by atoms with Crippen LogP contribution < -0.4 is 4.74 Å². The van der Waals surface area contributed by atoms with Gasteiger partial charge in [0.15, 0.2) is 10.8 Å². The van der Waals surface area contributed by atoms with Crippen LogP contribution in [-0.4, -0.2) is 17.3 Å². The van der Waals surface area contributed by atoms with Gasteiger partial charge in [0.2, 0.25) is 0 Å². The van der Waals surface area contributed by atoms with Crippen molar-refractivity contribution in [3.63, 3.8) is 0 Å². The number of hydrogen-bond acceptors (Lipinski definition) is 5. The third kappa shape index (κ3) is 2.00. The van der Waals surface area contributed by atoms with Crippen LogP contribution in [0.4, 0.5) is 0 Å². The Hall–Kier alpha value is -2.14. The van der Waals surface area contributed by atoms with Crippen molar-refractivity contribution in [2.75, 3.05) is 7.11 Å². The van der Waals surface area contributed by atoms with Crippen LogP contribution in [0.25, 0.3) is 21.3 Å². The zero-order chi connectivity index (χ0) is 12.4. The minimum Gasteiger partial charge on any atom is -0.497 e. The predicted octanol–water partition coefficient (Wildman–Crippen LogP) is 3.47. The smallest absolute Gasteiger partial charge is 0.183 e. The highest BCUT2D eigenvalue weighted by molar-refractivity contribution is 7.17. The van der Waals surface area contributed by atoms with Gasteiger partial charge in [-0.25, -0.2) is 0 Å². The average Bonchev–Trinajstić information content (AvgIpc) is 3.09. The number of furan rings is 1. The van der Waals surface area contributed by atoms with E-state index in [0.29, 0.717) is 0 Å². The van der Waals surface area contributed by atoms with E-state index in [1.165, 1.54) is 11.3 Å². The van der Waals surface area contributed by atoms with E-state index < -0.39 is 0 Å². The Morgan fingerprint density at radius 2 is 2.00 bits per heavy atom. The number of aromatic nitrogens is 2. The molecule has 0 saturated heterocycles. The maximum Gasteiger partial charge on any atom is 0.183 e. The normalized spacial score (nSPS) is 10.5. The Bertz CT molecular complexity index is 647. The fourth-order valence-corrected chi connectivity index (χ4v) is 2.40. The highest BCUT2D eigenvalue weighted by atomic mass is 32.1. The Morgan fingerprint density at radius 1 is 1.11 bits per heavy atom. The lowest BCUT2D eigenvalue weighted by molar-refractivity contribution is 0.415. The monoisotopic (exact) mass is 258 g/mol. The third-order valence-corrected chi connectivity index (χ3v) is 3.46. The number of methoxy groups -OCH3 is 1. The summed E-state index contributed by atoms with van der Waals surface area (Å²) in [6.07, 6.45) is 1.63. The Labute approximate surface area is 108 Å². The molecule has 0 aliphatic carbocycles. The van der Waals surface area contributed by atoms with Crippen LogP contribution in [0.3, 0.4) is 0 Å². The van der Waals surface area contributed by atoms with Gasteiger partial charge < -0.3 is 9.15 Å². The molecule has 5 heteroatoms. The fraction of sp³-hybridized carbons (Fsp3) is 0.0769. The van der Waals surface area contributed by atoms with Crippen LogP contribution in [-0.2, 0) is 0 Å². The number of ether oxygens (including phenoxy) is 1. The summed E-state index contributed by atoms with van der Waals surface area (Å²) in [4.78, 5) is 0. The quantitative estimate of drug-likeness (QED) is 0.721. The molecule has 2 heterocycles. The first-order valence-corrected chi connectivity index (χ1v) is 6.20. The lowest BCUT2D eigenvalue weighted by atomic mass is 10.2. The van der Waals surface area contributed by atoms with Crippen molar-refractivity contribution >= 4 is 11.3 Å². The molecule has 3 rings (SSSR count). The lowest BCUT2D eigenvalue weighted by Crippen LogP contribution is -1.83. The van der Waals surface area contributed by atoms with Gasteiger partial charge in [-0.2, -0.15) is 0 Å². The zero-order valence-corrected chi connectivity index (χ0v) is 10.5. The molecule has 0 spiro atoms. The Kier molecular flexibility index (Phi) is 2.82. The summed E-state index contributed by atoms with van der Waals surface area (Å²) in [7, 11) is 1.65. The molecule has 2 aromatic heterocycles. The minimum atomic E-state index is 0.738. The van der Waals surface area contributed by atoms with Crippen molar-refractivity contribution in [2.45, 2.75) is 0 Å². The molecule has 90 valence electrons. The third-order valence-electron chi connectivity index (χ3n) is 2.47. The lowest BCUT2D eigenvalue weighted by Gasteiger charge is -2.00. The number of hydrogen-bond donors (Lipinski definition) is 0. The van der Waals surface area contributed by atoms with E-state index in [2.05, 4.69) is 10.2 Å². The van der Waals surface area contributed by atoms with Crippen LogP contribution >= 0.6 is 11.3 Å². The molecule has 0 unspecified atom stereocenters. The maximum absolute atomic E-state index is 5.30. The molecular weight excluding hydrogens is 248 g/mol. The molecule has 0 aliphatic heterocycles. The molecule has 1 aromatic carbocycles. The number of nitrogens with zero attached hydrogens (tertiary/aromatic N) is 2. The molecule has 0 N–H and O–H groups in total. The van der Waals surface area contributed by atoms with Crippen molar-refractivity contribution in [2.24, 2.45) is 0 Å². The second kappa shape index (κ2) is 4.62. The zero-order valence-electron chi connectivity index (χ0n) is 9.66. The van der Waals surface area contributed by atoms with Gasteiger partial charge in [-0.1, -0.05) is 23.5 Å². The number of rotatable bonds is 3. The van der Waals surface area contributed by atoms with Gasteiger partial charge in [0.25, 0.3) is 0 Å². The minimum absolute atomic E-state index is 0.738. The topological polar surface area (TPSA) is 48.2 Å². The summed E-state index contributed by atoms with van der Waals surface area (Å²) in [6, 6.07) is 11.5. The maximum atomic E-state index is 5.30. The molecule has 3 aromatic rings. The highest BCUT2D eigenvalue weighted by Gasteiger charge is 2.10. The molecule has 4 nitrogen and oxygen atoms in total. The first kappa shape index (κ1) is 11.0. The number of benzene rings is 1. The SMILES string of the molecule is COc1cccc(-c2nnc(-c3ccco3)s2)c1. The van der Waals surface area contributed by atoms with Crippen LogP contribution in [0.5, 0.6) is 5.75 Å². The van der Waals surface area contributed by atoms with Gasteiger partial charge >= 0.3 is 0 Å². The van der Waals surface area contributed by atoms with Crippen LogP contribution in [0.1, 0.15) is 0 Å². The van der Waals surface area contributed by atoms with Gasteiger partial charge in [-0.3, -0.25) is 0 Å². The van der Waals surface area contributed by atoms with E-state index in [1.54, 1.807) is 13.4 Å². The summed E-state index contributed by atoms with van der Waals surface area (Å²) < 4.78 is 10.5. The molecule has 0 saturated carbocycles. The van der Waals surface area contributed by atoms with E-state index >= 15 is 0 Å². The van der Waals surface area contributed by atoms with E-state index in [1.807, 2.05) is 36.4 Å². The van der Waals surface area contributed by atoms with E-state index in [4.69, 9.17) is 9.15 Å². The summed E-state index contributed by atoms with van der Waals surface area (Å²) in [5, 5.41) is 9.92. The van der Waals surface area contributed by atoms with Crippen LogP contribution in [0.15, 0.2) is 47.1 Å². The van der Waals surface area contributed by atoms with Gasteiger partial charge in [-0.15, -0.1) is 10.2 Å². The van der Waals surface area contributed by atoms with Gasteiger partial charge in [-0.05, 0) is 24.3 Å². The summed E-state index contributed by atoms with van der Waals surface area (Å²) in [5.74, 6) is 1.55. The summed E-state index contributed by atoms with van der Waals surface area (Å²) >= 11 is 1.49. The van der Waals surface area contributed by atoms with Crippen molar-refractivity contribution < 1.29 is 9.15 Å². The molecule has 0 atom stereocenters. The van der Waals surface area contributed by atoms with Crippen molar-refractivity contribution in [3.05, 3.63) is 42.7 Å². The molecule has 0 fully saturated rings. The van der Waals surface area contributed by atoms with Crippen LogP contribution in [0.2, 0.25) is 0 Å². The predicted molar refractivity (Wildman–Crippen MR) is 69.6 cm³/mol. The summed E-state index contributed by atoms with van der Waals surface area (Å²) in [6.45, 7) is 0. The molecule has 0 amide bonds. The van der Waals surface area contributed by atoms with E-state index in [0.717, 1.165) is 27.1 Å². The van der Waals surface area contributed by atoms with Crippen LogP contribution in [0, 0.1) is 0 Å². The average molecular weight is 258 g/mol.